The van der Waals surface area contributed by atoms with Crippen molar-refractivity contribution in [1.82, 2.24) is 5.32 Å². The van der Waals surface area contributed by atoms with E-state index in [1.807, 2.05) is 18.8 Å². The number of methoxy groups -OCH3 is 1. The Kier molecular flexibility index (Phi) is 5.34. The molecule has 1 atom stereocenters. The summed E-state index contributed by atoms with van der Waals surface area (Å²) in [6.07, 6.45) is 2.14. The molecule has 1 rings (SSSR count). The molecule has 0 aliphatic heterocycles. The van der Waals surface area contributed by atoms with Crippen LogP contribution in [-0.2, 0) is 0 Å². The predicted molar refractivity (Wildman–Crippen MR) is 77.4 cm³/mol. The second-order valence-corrected chi connectivity index (χ2v) is 5.27. The first-order valence-electron chi connectivity index (χ1n) is 5.87. The molecule has 96 valence electrons. The summed E-state index contributed by atoms with van der Waals surface area (Å²) >= 11 is 1.87. The summed E-state index contributed by atoms with van der Waals surface area (Å²) in [4.78, 5) is 0. The van der Waals surface area contributed by atoms with Gasteiger partial charge in [-0.2, -0.15) is 11.8 Å². The minimum atomic E-state index is 0.410. The number of benzene rings is 1. The lowest BCUT2D eigenvalue weighted by Crippen LogP contribution is -2.20. The smallest absolute Gasteiger partial charge is 0.124 e. The zero-order valence-electron chi connectivity index (χ0n) is 11.7. The molecule has 2 nitrogen and oxygen atoms in total. The average Bonchev–Trinajstić information content (AvgIpc) is 2.32. The summed E-state index contributed by atoms with van der Waals surface area (Å²) < 4.78 is 5.46. The van der Waals surface area contributed by atoms with Crippen molar-refractivity contribution in [3.63, 3.8) is 0 Å². The van der Waals surface area contributed by atoms with Crippen LogP contribution in [0.25, 0.3) is 0 Å². The molecule has 17 heavy (non-hydrogen) atoms. The van der Waals surface area contributed by atoms with Crippen LogP contribution in [0.2, 0.25) is 0 Å². The molecule has 1 aromatic carbocycles. The van der Waals surface area contributed by atoms with Crippen molar-refractivity contribution in [2.45, 2.75) is 26.8 Å². The first-order chi connectivity index (χ1) is 8.06. The van der Waals surface area contributed by atoms with E-state index in [2.05, 4.69) is 38.4 Å². The highest BCUT2D eigenvalue weighted by Crippen LogP contribution is 2.32. The van der Waals surface area contributed by atoms with Crippen molar-refractivity contribution < 1.29 is 4.74 Å². The lowest BCUT2D eigenvalue weighted by atomic mass is 9.94. The fourth-order valence-corrected chi connectivity index (χ4v) is 2.94. The van der Waals surface area contributed by atoms with Gasteiger partial charge in [0.15, 0.2) is 0 Å². The van der Waals surface area contributed by atoms with Crippen molar-refractivity contribution in [2.24, 2.45) is 0 Å². The van der Waals surface area contributed by atoms with E-state index >= 15 is 0 Å². The van der Waals surface area contributed by atoms with Gasteiger partial charge in [0.05, 0.1) is 7.11 Å². The number of hydrogen-bond acceptors (Lipinski definition) is 3. The van der Waals surface area contributed by atoms with E-state index in [-0.39, 0.29) is 0 Å². The van der Waals surface area contributed by atoms with Crippen molar-refractivity contribution in [3.8, 4) is 5.75 Å². The highest BCUT2D eigenvalue weighted by molar-refractivity contribution is 7.98. The molecule has 1 aromatic rings. The molecule has 0 fully saturated rings. The molecule has 0 aliphatic carbocycles. The fourth-order valence-electron chi connectivity index (χ4n) is 2.26. The lowest BCUT2D eigenvalue weighted by Gasteiger charge is -2.22. The van der Waals surface area contributed by atoms with E-state index in [1.165, 1.54) is 22.3 Å². The third kappa shape index (κ3) is 2.96. The van der Waals surface area contributed by atoms with Crippen LogP contribution in [0, 0.1) is 20.8 Å². The van der Waals surface area contributed by atoms with Gasteiger partial charge in [-0.25, -0.2) is 0 Å². The summed E-state index contributed by atoms with van der Waals surface area (Å²) in [5.41, 5.74) is 5.19. The van der Waals surface area contributed by atoms with Crippen LogP contribution >= 0.6 is 11.8 Å². The number of hydrogen-bond donors (Lipinski definition) is 1. The maximum Gasteiger partial charge on any atom is 0.124 e. The topological polar surface area (TPSA) is 21.3 Å². The number of nitrogens with one attached hydrogen (secondary N) is 1. The molecule has 1 N–H and O–H groups in total. The molecule has 0 amide bonds. The van der Waals surface area contributed by atoms with Crippen LogP contribution in [-0.4, -0.2) is 26.2 Å². The monoisotopic (exact) mass is 253 g/mol. The highest BCUT2D eigenvalue weighted by Gasteiger charge is 2.16. The second-order valence-electron chi connectivity index (χ2n) is 4.36. The molecule has 0 spiro atoms. The molecule has 0 saturated heterocycles. The summed E-state index contributed by atoms with van der Waals surface area (Å²) in [6, 6.07) is 2.66. The van der Waals surface area contributed by atoms with E-state index in [1.54, 1.807) is 7.11 Å². The van der Waals surface area contributed by atoms with Crippen LogP contribution in [0.5, 0.6) is 5.75 Å². The Bertz CT molecular complexity index is 390. The maximum absolute atomic E-state index is 5.46. The largest absolute Gasteiger partial charge is 0.496 e. The van der Waals surface area contributed by atoms with E-state index in [9.17, 15) is 0 Å². The van der Waals surface area contributed by atoms with Crippen LogP contribution in [0.4, 0.5) is 0 Å². The number of thioether (sulfide) groups is 1. The molecular formula is C14H23NOS. The second kappa shape index (κ2) is 6.31. The summed E-state index contributed by atoms with van der Waals surface area (Å²) in [7, 11) is 3.77. The van der Waals surface area contributed by atoms with E-state index < -0.39 is 0 Å². The number of aryl methyl sites for hydroxylation is 1. The normalized spacial score (nSPS) is 12.6. The Balaban J connectivity index is 3.25. The Labute approximate surface area is 109 Å². The van der Waals surface area contributed by atoms with Crippen molar-refractivity contribution in [1.29, 1.82) is 0 Å². The van der Waals surface area contributed by atoms with Gasteiger partial charge < -0.3 is 10.1 Å². The highest BCUT2D eigenvalue weighted by atomic mass is 32.2. The Hall–Kier alpha value is -0.670. The molecular weight excluding hydrogens is 230 g/mol. The van der Waals surface area contributed by atoms with Gasteiger partial charge >= 0.3 is 0 Å². The van der Waals surface area contributed by atoms with Gasteiger partial charge in [-0.15, -0.1) is 0 Å². The van der Waals surface area contributed by atoms with Crippen molar-refractivity contribution >= 4 is 11.8 Å². The fraction of sp³-hybridized carbons (Fsp3) is 0.571. The lowest BCUT2D eigenvalue weighted by molar-refractivity contribution is 0.407. The maximum atomic E-state index is 5.46. The summed E-state index contributed by atoms with van der Waals surface area (Å²) in [5, 5.41) is 3.39. The predicted octanol–water partition coefficient (Wildman–Crippen LogP) is 3.24. The zero-order chi connectivity index (χ0) is 13.0. The standard InChI is InChI=1S/C14H23NOS/c1-9-7-12(13(15-4)8-17-6)10(2)11(3)14(9)16-5/h7,13,15H,8H2,1-6H3. The van der Waals surface area contributed by atoms with Crippen LogP contribution in [0.3, 0.4) is 0 Å². The molecule has 1 unspecified atom stereocenters. The van der Waals surface area contributed by atoms with Crippen LogP contribution < -0.4 is 10.1 Å². The summed E-state index contributed by atoms with van der Waals surface area (Å²) in [6.45, 7) is 6.42. The van der Waals surface area contributed by atoms with Crippen LogP contribution in [0.1, 0.15) is 28.3 Å². The SMILES string of the molecule is CNC(CSC)c1cc(C)c(OC)c(C)c1C. The summed E-state index contributed by atoms with van der Waals surface area (Å²) in [5.74, 6) is 2.10. The Morgan fingerprint density at radius 1 is 1.29 bits per heavy atom. The molecule has 3 heteroatoms. The van der Waals surface area contributed by atoms with Gasteiger partial charge in [-0.3, -0.25) is 0 Å². The molecule has 0 aliphatic rings. The third-order valence-electron chi connectivity index (χ3n) is 3.33. The van der Waals surface area contributed by atoms with Gasteiger partial charge in [0.2, 0.25) is 0 Å². The molecule has 0 aromatic heterocycles. The quantitative estimate of drug-likeness (QED) is 0.870. The Morgan fingerprint density at radius 3 is 2.41 bits per heavy atom. The van der Waals surface area contributed by atoms with Crippen molar-refractivity contribution in [2.75, 3.05) is 26.2 Å². The van der Waals surface area contributed by atoms with Gasteiger partial charge in [-0.1, -0.05) is 6.07 Å². The van der Waals surface area contributed by atoms with Crippen molar-refractivity contribution in [3.05, 3.63) is 28.3 Å². The minimum Gasteiger partial charge on any atom is -0.496 e. The van der Waals surface area contributed by atoms with Gasteiger partial charge in [0, 0.05) is 11.8 Å². The van der Waals surface area contributed by atoms with Gasteiger partial charge in [0.1, 0.15) is 5.75 Å². The van der Waals surface area contributed by atoms with E-state index in [0.717, 1.165) is 11.5 Å². The zero-order valence-corrected chi connectivity index (χ0v) is 12.5. The molecule has 0 bridgehead atoms. The third-order valence-corrected chi connectivity index (χ3v) is 3.99. The average molecular weight is 253 g/mol. The van der Waals surface area contributed by atoms with Crippen LogP contribution in [0.15, 0.2) is 6.07 Å². The van der Waals surface area contributed by atoms with Gasteiger partial charge in [-0.05, 0) is 56.3 Å². The number of rotatable bonds is 5. The Morgan fingerprint density at radius 2 is 1.94 bits per heavy atom. The van der Waals surface area contributed by atoms with E-state index in [0.29, 0.717) is 6.04 Å². The van der Waals surface area contributed by atoms with E-state index in [4.69, 9.17) is 4.74 Å². The molecule has 0 saturated carbocycles. The molecule has 0 radical (unpaired) electrons. The first kappa shape index (κ1) is 14.4. The molecule has 0 heterocycles. The van der Waals surface area contributed by atoms with Gasteiger partial charge in [0.25, 0.3) is 0 Å². The minimum absolute atomic E-state index is 0.410. The first-order valence-corrected chi connectivity index (χ1v) is 7.27. The number of ether oxygens (including phenoxy) is 1.